The van der Waals surface area contributed by atoms with E-state index in [9.17, 15) is 18.6 Å². The minimum atomic E-state index is -3.65. The van der Waals surface area contributed by atoms with Gasteiger partial charge in [-0.05, 0) is 61.4 Å². The Morgan fingerprint density at radius 1 is 0.914 bits per heavy atom. The summed E-state index contributed by atoms with van der Waals surface area (Å²) in [5, 5.41) is 21.6. The van der Waals surface area contributed by atoms with E-state index in [1.165, 1.54) is 32.4 Å². The summed E-state index contributed by atoms with van der Waals surface area (Å²) in [7, 11) is -0.763. The lowest BCUT2D eigenvalue weighted by Crippen LogP contribution is -2.05. The van der Waals surface area contributed by atoms with Crippen molar-refractivity contribution in [1.29, 1.82) is 0 Å². The second-order valence-electron chi connectivity index (χ2n) is 7.97. The molecule has 0 aliphatic carbocycles. The maximum absolute atomic E-state index is 11.4. The van der Waals surface area contributed by atoms with E-state index < -0.39 is 10.1 Å². The summed E-state index contributed by atoms with van der Waals surface area (Å²) in [5.41, 5.74) is 3.07. The van der Waals surface area contributed by atoms with Gasteiger partial charge in [-0.2, -0.15) is 8.42 Å². The van der Waals surface area contributed by atoms with Crippen molar-refractivity contribution in [1.82, 2.24) is 0 Å². The van der Waals surface area contributed by atoms with Crippen LogP contribution in [0.2, 0.25) is 0 Å². The largest absolute Gasteiger partial charge is 0.504 e. The normalized spacial score (nSPS) is 11.0. The number of allylic oxidation sites excluding steroid dienone is 1. The lowest BCUT2D eigenvalue weighted by atomic mass is 9.96. The summed E-state index contributed by atoms with van der Waals surface area (Å²) in [6.07, 6.45) is 2.86. The molecule has 0 heterocycles. The predicted octanol–water partition coefficient (Wildman–Crippen LogP) is 5.13. The molecule has 0 fully saturated rings. The molecule has 0 atom stereocenters. The Labute approximate surface area is 205 Å². The molecule has 3 aromatic rings. The molecule has 0 aliphatic rings. The van der Waals surface area contributed by atoms with E-state index in [0.717, 1.165) is 11.8 Å². The molecule has 0 bridgehead atoms. The first-order valence-electron chi connectivity index (χ1n) is 10.6. The Bertz CT molecular complexity index is 1340. The number of phenolic OH excluding ortho intramolecular Hbond substituents is 2. The molecule has 3 rings (SSSR count). The third-order valence-electron chi connectivity index (χ3n) is 5.03. The Morgan fingerprint density at radius 3 is 2.11 bits per heavy atom. The molecular formula is C26H28O8S. The van der Waals surface area contributed by atoms with E-state index >= 15 is 0 Å². The molecule has 0 amide bonds. The number of methoxy groups -OCH3 is 2. The molecule has 0 spiro atoms. The molecule has 0 saturated carbocycles. The van der Waals surface area contributed by atoms with Crippen LogP contribution >= 0.6 is 0 Å². The van der Waals surface area contributed by atoms with Crippen LogP contribution in [-0.2, 0) is 10.1 Å². The molecule has 35 heavy (non-hydrogen) atoms. The first kappa shape index (κ1) is 25.8. The monoisotopic (exact) mass is 500 g/mol. The van der Waals surface area contributed by atoms with Crippen molar-refractivity contribution in [3.8, 4) is 56.8 Å². The summed E-state index contributed by atoms with van der Waals surface area (Å²) >= 11 is 0. The highest BCUT2D eigenvalue weighted by atomic mass is 32.2. The van der Waals surface area contributed by atoms with Crippen LogP contribution in [0.3, 0.4) is 0 Å². The minimum Gasteiger partial charge on any atom is -0.504 e. The maximum atomic E-state index is 11.4. The average Bonchev–Trinajstić information content (AvgIpc) is 2.78. The van der Waals surface area contributed by atoms with E-state index in [-0.39, 0.29) is 23.0 Å². The summed E-state index contributed by atoms with van der Waals surface area (Å²) in [5.74, 6) is 0.718. The van der Waals surface area contributed by atoms with Crippen LogP contribution in [0.5, 0.6) is 34.5 Å². The SMILES string of the molecule is COc1cc(-c2ccc(OS(C)(=O)=O)cc2)c(OC)c(O)c1-c1ccc(OCC=C(C)C)c(O)c1. The standard InChI is InChI=1S/C26H28O8S/c1-16(2)12-13-33-22-11-8-18(14-21(22)27)24-23(31-3)15-20(26(32-4)25(24)28)17-6-9-19(10-7-17)34-35(5,29)30/h6-12,14-15,27-28H,13H2,1-5H3. The topological polar surface area (TPSA) is 112 Å². The van der Waals surface area contributed by atoms with Crippen molar-refractivity contribution in [2.45, 2.75) is 13.8 Å². The number of rotatable bonds is 9. The number of hydrogen-bond donors (Lipinski definition) is 2. The lowest BCUT2D eigenvalue weighted by molar-refractivity contribution is 0.335. The minimum absolute atomic E-state index is 0.0874. The fourth-order valence-electron chi connectivity index (χ4n) is 3.45. The highest BCUT2D eigenvalue weighted by molar-refractivity contribution is 7.86. The molecule has 186 valence electrons. The Hall–Kier alpha value is -3.85. The molecule has 2 N–H and O–H groups in total. The van der Waals surface area contributed by atoms with Crippen molar-refractivity contribution in [2.75, 3.05) is 27.1 Å². The van der Waals surface area contributed by atoms with Gasteiger partial charge in [-0.1, -0.05) is 23.8 Å². The smallest absolute Gasteiger partial charge is 0.306 e. The van der Waals surface area contributed by atoms with Gasteiger partial charge in [0.2, 0.25) is 0 Å². The molecule has 0 aromatic heterocycles. The van der Waals surface area contributed by atoms with Crippen LogP contribution in [0.25, 0.3) is 22.3 Å². The van der Waals surface area contributed by atoms with Crippen LogP contribution in [-0.4, -0.2) is 45.7 Å². The Morgan fingerprint density at radius 2 is 1.57 bits per heavy atom. The van der Waals surface area contributed by atoms with E-state index in [1.807, 2.05) is 19.9 Å². The van der Waals surface area contributed by atoms with Crippen LogP contribution < -0.4 is 18.4 Å². The first-order chi connectivity index (χ1) is 16.5. The summed E-state index contributed by atoms with van der Waals surface area (Å²) in [4.78, 5) is 0. The first-order valence-corrected chi connectivity index (χ1v) is 12.4. The maximum Gasteiger partial charge on any atom is 0.306 e. The Kier molecular flexibility index (Phi) is 7.81. The van der Waals surface area contributed by atoms with Crippen LogP contribution in [0.4, 0.5) is 0 Å². The fourth-order valence-corrected chi connectivity index (χ4v) is 3.91. The van der Waals surface area contributed by atoms with E-state index in [2.05, 4.69) is 0 Å². The number of phenols is 2. The number of benzene rings is 3. The van der Waals surface area contributed by atoms with Gasteiger partial charge in [0.25, 0.3) is 0 Å². The van der Waals surface area contributed by atoms with Gasteiger partial charge in [-0.25, -0.2) is 0 Å². The van der Waals surface area contributed by atoms with Gasteiger partial charge in [0.15, 0.2) is 23.0 Å². The van der Waals surface area contributed by atoms with E-state index in [0.29, 0.717) is 40.4 Å². The zero-order valence-electron chi connectivity index (χ0n) is 20.2. The Balaban J connectivity index is 2.04. The fraction of sp³-hybridized carbons (Fsp3) is 0.231. The van der Waals surface area contributed by atoms with Crippen molar-refractivity contribution < 1.29 is 37.0 Å². The van der Waals surface area contributed by atoms with Gasteiger partial charge in [0, 0.05) is 5.56 Å². The summed E-state index contributed by atoms with van der Waals surface area (Å²) in [6.45, 7) is 4.23. The van der Waals surface area contributed by atoms with Crippen LogP contribution in [0.15, 0.2) is 60.2 Å². The molecule has 0 aliphatic heterocycles. The van der Waals surface area contributed by atoms with Crippen molar-refractivity contribution in [3.63, 3.8) is 0 Å². The predicted molar refractivity (Wildman–Crippen MR) is 134 cm³/mol. The third kappa shape index (κ3) is 6.19. The van der Waals surface area contributed by atoms with Crippen molar-refractivity contribution in [2.24, 2.45) is 0 Å². The van der Waals surface area contributed by atoms with Crippen molar-refractivity contribution >= 4 is 10.1 Å². The van der Waals surface area contributed by atoms with Crippen LogP contribution in [0.1, 0.15) is 13.8 Å². The molecule has 8 nitrogen and oxygen atoms in total. The highest BCUT2D eigenvalue weighted by Crippen LogP contribution is 2.50. The number of hydrogen-bond acceptors (Lipinski definition) is 8. The molecule has 0 radical (unpaired) electrons. The molecule has 0 unspecified atom stereocenters. The second kappa shape index (κ2) is 10.6. The average molecular weight is 501 g/mol. The number of aromatic hydroxyl groups is 2. The number of ether oxygens (including phenoxy) is 3. The zero-order valence-corrected chi connectivity index (χ0v) is 21.0. The quantitative estimate of drug-likeness (QED) is 0.307. The third-order valence-corrected chi connectivity index (χ3v) is 5.53. The van der Waals surface area contributed by atoms with Gasteiger partial charge < -0.3 is 28.6 Å². The van der Waals surface area contributed by atoms with Gasteiger partial charge >= 0.3 is 10.1 Å². The molecule has 0 saturated heterocycles. The highest BCUT2D eigenvalue weighted by Gasteiger charge is 2.22. The second-order valence-corrected chi connectivity index (χ2v) is 9.54. The molecule has 3 aromatic carbocycles. The van der Waals surface area contributed by atoms with Gasteiger partial charge in [0.05, 0.1) is 26.0 Å². The van der Waals surface area contributed by atoms with Gasteiger partial charge in [-0.3, -0.25) is 0 Å². The van der Waals surface area contributed by atoms with Gasteiger partial charge in [0.1, 0.15) is 18.1 Å². The van der Waals surface area contributed by atoms with Gasteiger partial charge in [-0.15, -0.1) is 0 Å². The van der Waals surface area contributed by atoms with Crippen molar-refractivity contribution in [3.05, 3.63) is 60.2 Å². The molecular weight excluding hydrogens is 472 g/mol. The lowest BCUT2D eigenvalue weighted by Gasteiger charge is -2.18. The summed E-state index contributed by atoms with van der Waals surface area (Å²) in [6, 6.07) is 12.8. The van der Waals surface area contributed by atoms with E-state index in [1.54, 1.807) is 30.3 Å². The van der Waals surface area contributed by atoms with E-state index in [4.69, 9.17) is 18.4 Å². The summed E-state index contributed by atoms with van der Waals surface area (Å²) < 4.78 is 44.3. The zero-order chi connectivity index (χ0) is 25.8. The van der Waals surface area contributed by atoms with Crippen LogP contribution in [0, 0.1) is 0 Å². The molecule has 9 heteroatoms.